The van der Waals surface area contributed by atoms with Crippen molar-refractivity contribution >= 4 is 28.1 Å². The van der Waals surface area contributed by atoms with Crippen LogP contribution < -0.4 is 17.0 Å². The number of nitrogen functional groups attached to an aromatic ring is 2. The zero-order chi connectivity index (χ0) is 25.3. The number of aromatic hydroxyl groups is 2. The number of fused-ring (bicyclic) bond motifs is 1. The number of aromatic amines is 1. The molecule has 0 radical (unpaired) electrons. The van der Waals surface area contributed by atoms with Crippen LogP contribution in [0.4, 0.5) is 17.1 Å². The normalized spacial score (nSPS) is 10.6. The molecule has 4 aromatic rings. The Labute approximate surface area is 194 Å². The number of nitrogens with zero attached hydrogens (tertiary/aromatic N) is 2. The molecule has 4 rings (SSSR count). The van der Waals surface area contributed by atoms with Gasteiger partial charge < -0.3 is 26.7 Å². The summed E-state index contributed by atoms with van der Waals surface area (Å²) in [6, 6.07) is 9.43. The number of aromatic nitrogens is 2. The molecule has 34 heavy (non-hydrogen) atoms. The van der Waals surface area contributed by atoms with Crippen LogP contribution in [0, 0.1) is 37.8 Å². The van der Waals surface area contributed by atoms with Crippen LogP contribution in [0.2, 0.25) is 0 Å². The van der Waals surface area contributed by atoms with E-state index in [0.29, 0.717) is 22.4 Å². The average Bonchev–Trinajstić information content (AvgIpc) is 2.75. The molecular weight excluding hydrogens is 438 g/mol. The zero-order valence-electron chi connectivity index (χ0n) is 19.1. The molecule has 0 aliphatic carbocycles. The summed E-state index contributed by atoms with van der Waals surface area (Å²) in [6.45, 7) is 7.84. The molecule has 0 bridgehead atoms. The number of H-pyrrole nitrogens is 1. The Balaban J connectivity index is 0.000000271. The third-order valence-electron chi connectivity index (χ3n) is 5.55. The number of aryl methyl sites for hydroxylation is 4. The second-order valence-electron chi connectivity index (χ2n) is 8.05. The topological polar surface area (TPSA) is 181 Å². The van der Waals surface area contributed by atoms with Gasteiger partial charge in [0.1, 0.15) is 5.69 Å². The maximum absolute atomic E-state index is 12.3. The van der Waals surface area contributed by atoms with Crippen LogP contribution in [-0.4, -0.2) is 25.1 Å². The molecule has 0 aliphatic heterocycles. The summed E-state index contributed by atoms with van der Waals surface area (Å²) in [7, 11) is 0. The molecule has 0 spiro atoms. The number of benzene rings is 3. The predicted molar refractivity (Wildman–Crippen MR) is 132 cm³/mol. The fraction of sp³-hybridized carbons (Fsp3) is 0.167. The van der Waals surface area contributed by atoms with Crippen LogP contribution >= 0.6 is 0 Å². The highest BCUT2D eigenvalue weighted by molar-refractivity contribution is 5.80. The molecule has 0 amide bonds. The summed E-state index contributed by atoms with van der Waals surface area (Å²) in [5, 5.41) is 30.2. The van der Waals surface area contributed by atoms with Gasteiger partial charge in [-0.1, -0.05) is 0 Å². The quantitative estimate of drug-likeness (QED) is 0.128. The van der Waals surface area contributed by atoms with Crippen molar-refractivity contribution in [3.63, 3.8) is 0 Å². The van der Waals surface area contributed by atoms with E-state index in [1.807, 2.05) is 39.8 Å². The lowest BCUT2D eigenvalue weighted by molar-refractivity contribution is -0.385. The first kappa shape index (κ1) is 24.1. The lowest BCUT2D eigenvalue weighted by Crippen LogP contribution is -2.12. The van der Waals surface area contributed by atoms with Crippen LogP contribution in [0.25, 0.3) is 22.3 Å². The molecule has 0 saturated carbocycles. The van der Waals surface area contributed by atoms with Gasteiger partial charge in [0, 0.05) is 11.6 Å². The van der Waals surface area contributed by atoms with E-state index in [1.165, 1.54) is 11.1 Å². The molecule has 0 atom stereocenters. The van der Waals surface area contributed by atoms with Crippen molar-refractivity contribution in [3.05, 3.63) is 79.1 Å². The Morgan fingerprint density at radius 1 is 0.882 bits per heavy atom. The molecule has 3 aromatic carbocycles. The third kappa shape index (κ3) is 4.75. The number of nitrogens with one attached hydrogen (secondary N) is 1. The Hall–Kier alpha value is -4.60. The van der Waals surface area contributed by atoms with E-state index in [0.717, 1.165) is 23.3 Å². The van der Waals surface area contributed by atoms with E-state index in [-0.39, 0.29) is 11.3 Å². The Morgan fingerprint density at radius 3 is 1.97 bits per heavy atom. The lowest BCUT2D eigenvalue weighted by atomic mass is 10.1. The second-order valence-corrected chi connectivity index (χ2v) is 8.05. The number of phenolic OH excluding ortho intramolecular Hbond substituents is 2. The summed E-state index contributed by atoms with van der Waals surface area (Å²) >= 11 is 0. The van der Waals surface area contributed by atoms with Gasteiger partial charge in [-0.3, -0.25) is 14.9 Å². The minimum absolute atomic E-state index is 0.0402. The minimum Gasteiger partial charge on any atom is -0.504 e. The Morgan fingerprint density at radius 2 is 1.41 bits per heavy atom. The highest BCUT2D eigenvalue weighted by Gasteiger charge is 2.21. The molecule has 176 valence electrons. The van der Waals surface area contributed by atoms with Crippen LogP contribution in [0.15, 0.2) is 41.2 Å². The zero-order valence-corrected chi connectivity index (χ0v) is 19.1. The van der Waals surface area contributed by atoms with Gasteiger partial charge in [-0.25, -0.2) is 4.98 Å². The maximum atomic E-state index is 12.3. The number of anilines is 2. The number of phenols is 2. The van der Waals surface area contributed by atoms with Crippen molar-refractivity contribution in [2.24, 2.45) is 0 Å². The van der Waals surface area contributed by atoms with Crippen LogP contribution in [-0.2, 0) is 0 Å². The second kappa shape index (κ2) is 9.10. The van der Waals surface area contributed by atoms with Crippen LogP contribution in [0.1, 0.15) is 22.3 Å². The minimum atomic E-state index is -0.854. The van der Waals surface area contributed by atoms with Crippen molar-refractivity contribution in [1.29, 1.82) is 0 Å². The number of nitro groups is 1. The van der Waals surface area contributed by atoms with Gasteiger partial charge in [-0.2, -0.15) is 0 Å². The molecule has 10 heteroatoms. The number of rotatable bonds is 2. The fourth-order valence-electron chi connectivity index (χ4n) is 3.28. The predicted octanol–water partition coefficient (Wildman–Crippen LogP) is 3.99. The first-order chi connectivity index (χ1) is 15.9. The lowest BCUT2D eigenvalue weighted by Gasteiger charge is -2.07. The average molecular weight is 463 g/mol. The van der Waals surface area contributed by atoms with Crippen molar-refractivity contribution in [3.8, 4) is 22.8 Å². The summed E-state index contributed by atoms with van der Waals surface area (Å²) < 4.78 is 0. The van der Waals surface area contributed by atoms with Crippen LogP contribution in [0.3, 0.4) is 0 Å². The highest BCUT2D eigenvalue weighted by Crippen LogP contribution is 2.38. The Kier molecular flexibility index (Phi) is 6.44. The smallest absolute Gasteiger partial charge is 0.315 e. The van der Waals surface area contributed by atoms with Crippen molar-refractivity contribution in [1.82, 2.24) is 9.97 Å². The summed E-state index contributed by atoms with van der Waals surface area (Å²) in [6.07, 6.45) is 0. The van der Waals surface area contributed by atoms with Gasteiger partial charge in [0.25, 0.3) is 5.56 Å². The molecular formula is C24H25N5O5. The first-order valence-electron chi connectivity index (χ1n) is 10.2. The van der Waals surface area contributed by atoms with E-state index in [4.69, 9.17) is 11.5 Å². The van der Waals surface area contributed by atoms with Crippen LogP contribution in [0.5, 0.6) is 11.5 Å². The summed E-state index contributed by atoms with van der Waals surface area (Å²) in [5.74, 6) is -1.55. The van der Waals surface area contributed by atoms with E-state index in [2.05, 4.69) is 9.97 Å². The molecule has 1 heterocycles. The first-order valence-corrected chi connectivity index (χ1v) is 10.2. The fourth-order valence-corrected chi connectivity index (χ4v) is 3.28. The van der Waals surface area contributed by atoms with E-state index in [1.54, 1.807) is 12.1 Å². The summed E-state index contributed by atoms with van der Waals surface area (Å²) in [5.41, 5.74) is 16.6. The molecule has 0 aliphatic rings. The van der Waals surface area contributed by atoms with Gasteiger partial charge in [0.2, 0.25) is 5.75 Å². The van der Waals surface area contributed by atoms with Gasteiger partial charge >= 0.3 is 5.69 Å². The number of hydrogen-bond donors (Lipinski definition) is 5. The molecule has 10 nitrogen and oxygen atoms in total. The SMILES string of the molecule is Cc1cc(N)c(N)cc1C.Cc1cc2nc(-c3cc(O)c(O)c([N+](=O)[O-])c3)c(=O)[nH]c2cc1C. The maximum Gasteiger partial charge on any atom is 0.315 e. The van der Waals surface area contributed by atoms with Gasteiger partial charge in [-0.05, 0) is 80.3 Å². The van der Waals surface area contributed by atoms with Gasteiger partial charge in [0.05, 0.1) is 27.3 Å². The van der Waals surface area contributed by atoms with E-state index < -0.39 is 27.7 Å². The molecule has 0 unspecified atom stereocenters. The number of hydrogen-bond acceptors (Lipinski definition) is 8. The number of nitro benzene ring substituents is 1. The monoisotopic (exact) mass is 463 g/mol. The third-order valence-corrected chi connectivity index (χ3v) is 5.55. The van der Waals surface area contributed by atoms with Crippen molar-refractivity contribution in [2.75, 3.05) is 11.5 Å². The van der Waals surface area contributed by atoms with Gasteiger partial charge in [0.15, 0.2) is 5.75 Å². The van der Waals surface area contributed by atoms with Gasteiger partial charge in [-0.15, -0.1) is 0 Å². The van der Waals surface area contributed by atoms with Crippen molar-refractivity contribution in [2.45, 2.75) is 27.7 Å². The Bertz CT molecular complexity index is 1440. The molecule has 0 fully saturated rings. The standard InChI is InChI=1S/C16H13N3O5.C8H12N2/c1-7-3-10-11(4-8(7)2)18-16(22)14(17-10)9-5-12(19(23)24)15(21)13(20)6-9;1-5-3-7(9)8(10)4-6(5)2/h3-6,20-21H,1-2H3,(H,18,22);3-4H,9-10H2,1-2H3. The van der Waals surface area contributed by atoms with Crippen molar-refractivity contribution < 1.29 is 15.1 Å². The molecule has 1 aromatic heterocycles. The van der Waals surface area contributed by atoms with E-state index >= 15 is 0 Å². The van der Waals surface area contributed by atoms with E-state index in [9.17, 15) is 25.1 Å². The molecule has 7 N–H and O–H groups in total. The molecule has 0 saturated heterocycles. The highest BCUT2D eigenvalue weighted by atomic mass is 16.6. The summed E-state index contributed by atoms with van der Waals surface area (Å²) in [4.78, 5) is 29.3. The largest absolute Gasteiger partial charge is 0.504 e. The number of nitrogens with two attached hydrogens (primary N) is 2.